The van der Waals surface area contributed by atoms with Gasteiger partial charge in [0.1, 0.15) is 4.83 Å². The fourth-order valence-corrected chi connectivity index (χ4v) is 4.88. The molecule has 4 rings (SSSR count). The lowest BCUT2D eigenvalue weighted by molar-refractivity contribution is -0.384. The molecule has 8 nitrogen and oxygen atoms in total. The van der Waals surface area contributed by atoms with Gasteiger partial charge >= 0.3 is 0 Å². The van der Waals surface area contributed by atoms with Crippen molar-refractivity contribution in [3.63, 3.8) is 0 Å². The highest BCUT2D eigenvalue weighted by Crippen LogP contribution is 2.35. The average molecular weight is 453 g/mol. The van der Waals surface area contributed by atoms with E-state index in [-0.39, 0.29) is 22.9 Å². The Hall–Kier alpha value is -3.50. The summed E-state index contributed by atoms with van der Waals surface area (Å²) in [5, 5.41) is 14.3. The van der Waals surface area contributed by atoms with Gasteiger partial charge in [-0.2, -0.15) is 0 Å². The van der Waals surface area contributed by atoms with Crippen LogP contribution in [-0.2, 0) is 4.79 Å². The number of nitrogens with zero attached hydrogens (tertiary/aromatic N) is 2. The molecular formula is C21H16N4O4S2. The molecule has 0 saturated carbocycles. The Labute approximate surface area is 184 Å². The van der Waals surface area contributed by atoms with Gasteiger partial charge in [0, 0.05) is 28.3 Å². The number of thiophene rings is 1. The third-order valence-electron chi connectivity index (χ3n) is 4.48. The van der Waals surface area contributed by atoms with E-state index in [2.05, 4.69) is 15.3 Å². The van der Waals surface area contributed by atoms with Gasteiger partial charge in [0.15, 0.2) is 5.16 Å². The van der Waals surface area contributed by atoms with Crippen molar-refractivity contribution < 1.29 is 9.72 Å². The highest BCUT2D eigenvalue weighted by molar-refractivity contribution is 7.99. The molecule has 0 aliphatic rings. The number of fused-ring (bicyclic) bond motifs is 1. The summed E-state index contributed by atoms with van der Waals surface area (Å²) in [6.07, 6.45) is 0. The van der Waals surface area contributed by atoms with Gasteiger partial charge in [0.05, 0.1) is 16.1 Å². The lowest BCUT2D eigenvalue weighted by Crippen LogP contribution is -2.15. The van der Waals surface area contributed by atoms with Crippen molar-refractivity contribution in [3.8, 4) is 11.1 Å². The van der Waals surface area contributed by atoms with Gasteiger partial charge in [0.2, 0.25) is 5.91 Å². The molecule has 2 aromatic heterocycles. The molecular weight excluding hydrogens is 436 g/mol. The van der Waals surface area contributed by atoms with Crippen LogP contribution in [0.25, 0.3) is 21.3 Å². The number of nitro benzene ring substituents is 1. The number of H-pyrrole nitrogens is 1. The van der Waals surface area contributed by atoms with E-state index in [9.17, 15) is 19.7 Å². The molecule has 2 aromatic carbocycles. The Balaban J connectivity index is 1.50. The van der Waals surface area contributed by atoms with Gasteiger partial charge in [-0.3, -0.25) is 19.7 Å². The first-order valence-corrected chi connectivity index (χ1v) is 11.0. The van der Waals surface area contributed by atoms with Gasteiger partial charge in [-0.05, 0) is 24.6 Å². The molecule has 0 spiro atoms. The number of rotatable bonds is 6. The highest BCUT2D eigenvalue weighted by atomic mass is 32.2. The fraction of sp³-hybridized carbons (Fsp3) is 0.0952. The summed E-state index contributed by atoms with van der Waals surface area (Å²) >= 11 is 2.56. The maximum atomic E-state index is 12.8. The van der Waals surface area contributed by atoms with E-state index in [1.807, 2.05) is 37.3 Å². The Bertz CT molecular complexity index is 1330. The summed E-state index contributed by atoms with van der Waals surface area (Å²) in [6, 6.07) is 15.3. The van der Waals surface area contributed by atoms with Crippen molar-refractivity contribution in [1.82, 2.24) is 9.97 Å². The van der Waals surface area contributed by atoms with E-state index in [0.29, 0.717) is 21.1 Å². The Morgan fingerprint density at radius 2 is 1.90 bits per heavy atom. The van der Waals surface area contributed by atoms with Crippen LogP contribution >= 0.6 is 23.1 Å². The second-order valence-corrected chi connectivity index (χ2v) is 8.76. The second-order valence-electron chi connectivity index (χ2n) is 6.59. The average Bonchev–Trinajstić information content (AvgIpc) is 3.09. The fourth-order valence-electron chi connectivity index (χ4n) is 3.12. The molecule has 0 radical (unpaired) electrons. The zero-order valence-corrected chi connectivity index (χ0v) is 17.9. The first-order valence-electron chi connectivity index (χ1n) is 9.18. The molecule has 0 unspecified atom stereocenters. The van der Waals surface area contributed by atoms with Gasteiger partial charge in [-0.1, -0.05) is 42.1 Å². The first-order chi connectivity index (χ1) is 14.9. The maximum absolute atomic E-state index is 12.8. The van der Waals surface area contributed by atoms with Crippen LogP contribution in [0.3, 0.4) is 0 Å². The lowest BCUT2D eigenvalue weighted by atomic mass is 10.0. The summed E-state index contributed by atoms with van der Waals surface area (Å²) in [5.41, 5.74) is 1.99. The number of hydrogen-bond acceptors (Lipinski definition) is 7. The van der Waals surface area contributed by atoms with Crippen molar-refractivity contribution in [2.45, 2.75) is 12.1 Å². The number of non-ortho nitro benzene ring substituents is 1. The number of benzene rings is 2. The second kappa shape index (κ2) is 8.70. The molecule has 0 saturated heterocycles. The minimum atomic E-state index is -0.505. The van der Waals surface area contributed by atoms with Crippen molar-refractivity contribution in [1.29, 1.82) is 0 Å². The number of carbonyl (C=O) groups is 1. The molecule has 2 heterocycles. The van der Waals surface area contributed by atoms with Crippen LogP contribution in [0.15, 0.2) is 64.5 Å². The summed E-state index contributed by atoms with van der Waals surface area (Å²) in [5.74, 6) is -0.282. The highest BCUT2D eigenvalue weighted by Gasteiger charge is 2.17. The minimum Gasteiger partial charge on any atom is -0.325 e. The number of hydrogen-bond donors (Lipinski definition) is 2. The third kappa shape index (κ3) is 4.49. The van der Waals surface area contributed by atoms with E-state index in [1.165, 1.54) is 35.6 Å². The van der Waals surface area contributed by atoms with E-state index < -0.39 is 4.92 Å². The number of aromatic amines is 1. The van der Waals surface area contributed by atoms with Gasteiger partial charge in [-0.15, -0.1) is 11.3 Å². The molecule has 0 aliphatic heterocycles. The molecule has 0 fully saturated rings. The Morgan fingerprint density at radius 1 is 1.19 bits per heavy atom. The summed E-state index contributed by atoms with van der Waals surface area (Å²) in [6.45, 7) is 1.96. The summed E-state index contributed by atoms with van der Waals surface area (Å²) < 4.78 is 0. The maximum Gasteiger partial charge on any atom is 0.269 e. The van der Waals surface area contributed by atoms with Crippen LogP contribution < -0.4 is 10.9 Å². The SMILES string of the molecule is Cc1sc2nc(SCC(=O)Nc3ccc([N+](=O)[O-])cc3)[nH]c(=O)c2c1-c1ccccc1. The van der Waals surface area contributed by atoms with Crippen LogP contribution in [-0.4, -0.2) is 26.6 Å². The third-order valence-corrected chi connectivity index (χ3v) is 6.35. The first kappa shape index (κ1) is 20.8. The van der Waals surface area contributed by atoms with Gasteiger partial charge in [0.25, 0.3) is 11.2 Å². The van der Waals surface area contributed by atoms with E-state index in [1.54, 1.807) is 0 Å². The number of nitro groups is 1. The molecule has 1 amide bonds. The number of anilines is 1. The topological polar surface area (TPSA) is 118 Å². The zero-order valence-electron chi connectivity index (χ0n) is 16.2. The van der Waals surface area contributed by atoms with Gasteiger partial charge in [-0.25, -0.2) is 4.98 Å². The van der Waals surface area contributed by atoms with Crippen molar-refractivity contribution in [2.24, 2.45) is 0 Å². The smallest absolute Gasteiger partial charge is 0.269 e. The zero-order chi connectivity index (χ0) is 22.0. The number of aromatic nitrogens is 2. The molecule has 10 heteroatoms. The molecule has 156 valence electrons. The van der Waals surface area contributed by atoms with Crippen LogP contribution in [0.2, 0.25) is 0 Å². The summed E-state index contributed by atoms with van der Waals surface area (Å²) in [4.78, 5) is 44.1. The van der Waals surface area contributed by atoms with E-state index in [4.69, 9.17) is 0 Å². The summed E-state index contributed by atoms with van der Waals surface area (Å²) in [7, 11) is 0. The number of thioether (sulfide) groups is 1. The standard InChI is InChI=1S/C21H16N4O4S2/c1-12-17(13-5-3-2-4-6-13)18-19(27)23-21(24-20(18)31-12)30-11-16(26)22-14-7-9-15(10-8-14)25(28)29/h2-10H,11H2,1H3,(H,22,26)(H,23,24,27). The Kier molecular flexibility index (Phi) is 5.83. The number of aryl methyl sites for hydroxylation is 1. The molecule has 0 atom stereocenters. The minimum absolute atomic E-state index is 0.0291. The van der Waals surface area contributed by atoms with E-state index in [0.717, 1.165) is 27.8 Å². The van der Waals surface area contributed by atoms with Crippen LogP contribution in [0.5, 0.6) is 0 Å². The van der Waals surface area contributed by atoms with Crippen LogP contribution in [0.4, 0.5) is 11.4 Å². The molecule has 0 bridgehead atoms. The molecule has 4 aromatic rings. The molecule has 31 heavy (non-hydrogen) atoms. The number of amides is 1. The van der Waals surface area contributed by atoms with Crippen LogP contribution in [0, 0.1) is 17.0 Å². The van der Waals surface area contributed by atoms with Crippen LogP contribution in [0.1, 0.15) is 4.88 Å². The van der Waals surface area contributed by atoms with Gasteiger partial charge < -0.3 is 10.3 Å². The Morgan fingerprint density at radius 3 is 2.58 bits per heavy atom. The molecule has 2 N–H and O–H groups in total. The normalized spacial score (nSPS) is 10.9. The predicted octanol–water partition coefficient (Wildman–Crippen LogP) is 4.60. The van der Waals surface area contributed by atoms with Crippen molar-refractivity contribution in [2.75, 3.05) is 11.1 Å². The van der Waals surface area contributed by atoms with E-state index >= 15 is 0 Å². The van der Waals surface area contributed by atoms with Crippen molar-refractivity contribution >= 4 is 50.6 Å². The predicted molar refractivity (Wildman–Crippen MR) is 123 cm³/mol. The lowest BCUT2D eigenvalue weighted by Gasteiger charge is -2.05. The quantitative estimate of drug-likeness (QED) is 0.191. The number of carbonyl (C=O) groups excluding carboxylic acids is 1. The molecule has 0 aliphatic carbocycles. The number of nitrogens with one attached hydrogen (secondary N) is 2. The monoisotopic (exact) mass is 452 g/mol. The van der Waals surface area contributed by atoms with Crippen molar-refractivity contribution in [3.05, 3.63) is 79.9 Å². The largest absolute Gasteiger partial charge is 0.325 e.